The summed E-state index contributed by atoms with van der Waals surface area (Å²) in [7, 11) is 0. The molecule has 0 amide bonds. The Morgan fingerprint density at radius 1 is 1.58 bits per heavy atom. The summed E-state index contributed by atoms with van der Waals surface area (Å²) in [6.45, 7) is 1.89. The summed E-state index contributed by atoms with van der Waals surface area (Å²) < 4.78 is 0.995. The van der Waals surface area contributed by atoms with Crippen LogP contribution in [0.3, 0.4) is 0 Å². The van der Waals surface area contributed by atoms with Crippen LogP contribution in [0.25, 0.3) is 0 Å². The maximum absolute atomic E-state index is 11.4. The minimum atomic E-state index is 0.0342. The number of ketones is 1. The molecule has 2 rings (SSSR count). The highest BCUT2D eigenvalue weighted by atomic mass is 32.2. The molecule has 4 heteroatoms. The summed E-state index contributed by atoms with van der Waals surface area (Å²) in [5, 5.41) is 0.0342. The number of fused-ring (bicyclic) bond motifs is 1. The summed E-state index contributed by atoms with van der Waals surface area (Å²) in [4.78, 5) is 22.4. The Labute approximate surface area is 78.0 Å². The molecule has 0 spiro atoms. The highest BCUT2D eigenvalue weighted by Crippen LogP contribution is 2.41. The van der Waals surface area contributed by atoms with E-state index < -0.39 is 0 Å². The monoisotopic (exact) mass is 198 g/mol. The van der Waals surface area contributed by atoms with Gasteiger partial charge in [-0.15, -0.1) is 23.1 Å². The first-order valence-electron chi connectivity index (χ1n) is 3.52. The number of thioether (sulfide) groups is 1. The van der Waals surface area contributed by atoms with Gasteiger partial charge in [0, 0.05) is 5.56 Å². The number of rotatable bonds is 1. The molecule has 2 heterocycles. The Morgan fingerprint density at radius 2 is 2.33 bits per heavy atom. The quantitative estimate of drug-likeness (QED) is 0.649. The van der Waals surface area contributed by atoms with Gasteiger partial charge in [0.1, 0.15) is 0 Å². The number of hydrogen-bond donors (Lipinski definition) is 0. The van der Waals surface area contributed by atoms with Crippen molar-refractivity contribution in [2.24, 2.45) is 0 Å². The van der Waals surface area contributed by atoms with Crippen molar-refractivity contribution in [3.05, 3.63) is 16.5 Å². The Kier molecular flexibility index (Phi) is 1.81. The first-order chi connectivity index (χ1) is 5.72. The lowest BCUT2D eigenvalue weighted by atomic mass is 10.2. The third-order valence-corrected chi connectivity index (χ3v) is 4.15. The second kappa shape index (κ2) is 2.71. The zero-order chi connectivity index (χ0) is 8.72. The van der Waals surface area contributed by atoms with Crippen LogP contribution in [0.2, 0.25) is 0 Å². The smallest absolute Gasteiger partial charge is 0.177 e. The third-order valence-electron chi connectivity index (χ3n) is 1.75. The highest BCUT2D eigenvalue weighted by Gasteiger charge is 2.29. The minimum Gasteiger partial charge on any atom is -0.297 e. The van der Waals surface area contributed by atoms with Gasteiger partial charge in [-0.25, -0.2) is 0 Å². The molecule has 0 bridgehead atoms. The molecule has 0 fully saturated rings. The summed E-state index contributed by atoms with van der Waals surface area (Å²) in [6.07, 6.45) is 0.793. The fourth-order valence-corrected chi connectivity index (χ4v) is 3.61. The Bertz CT molecular complexity index is 354. The zero-order valence-corrected chi connectivity index (χ0v) is 8.00. The molecule has 0 aromatic carbocycles. The molecule has 1 aliphatic heterocycles. The normalized spacial score (nSPS) is 21.1. The van der Waals surface area contributed by atoms with Crippen LogP contribution >= 0.6 is 23.1 Å². The van der Waals surface area contributed by atoms with E-state index in [9.17, 15) is 9.59 Å². The molecule has 1 atom stereocenters. The molecule has 1 aliphatic rings. The van der Waals surface area contributed by atoms with Crippen molar-refractivity contribution < 1.29 is 9.59 Å². The minimum absolute atomic E-state index is 0.0342. The standard InChI is InChI=1S/C8H6O2S2/c1-4-7(10)6-2-5(3-9)12-8(6)11-4/h2-4H,1H3. The summed E-state index contributed by atoms with van der Waals surface area (Å²) in [5.41, 5.74) is 0.736. The van der Waals surface area contributed by atoms with Crippen LogP contribution in [0.1, 0.15) is 27.0 Å². The SMILES string of the molecule is CC1Sc2sc(C=O)cc2C1=O. The lowest BCUT2D eigenvalue weighted by molar-refractivity contribution is 0.0996. The van der Waals surface area contributed by atoms with Crippen molar-refractivity contribution in [2.75, 3.05) is 0 Å². The van der Waals surface area contributed by atoms with Gasteiger partial charge in [0.05, 0.1) is 14.3 Å². The lowest BCUT2D eigenvalue weighted by Gasteiger charge is -1.94. The van der Waals surface area contributed by atoms with Crippen LogP contribution in [0.4, 0.5) is 0 Å². The molecule has 1 aromatic heterocycles. The van der Waals surface area contributed by atoms with Gasteiger partial charge in [0.2, 0.25) is 0 Å². The van der Waals surface area contributed by atoms with Crippen molar-refractivity contribution >= 4 is 35.2 Å². The van der Waals surface area contributed by atoms with E-state index in [0.717, 1.165) is 16.1 Å². The van der Waals surface area contributed by atoms with Gasteiger partial charge < -0.3 is 0 Å². The third kappa shape index (κ3) is 1.03. The Hall–Kier alpha value is -0.610. The molecule has 1 unspecified atom stereocenters. The van der Waals surface area contributed by atoms with Gasteiger partial charge in [-0.2, -0.15) is 0 Å². The van der Waals surface area contributed by atoms with Crippen LogP contribution in [0.5, 0.6) is 0 Å². The van der Waals surface area contributed by atoms with E-state index in [2.05, 4.69) is 0 Å². The molecule has 2 nitrogen and oxygen atoms in total. The predicted molar refractivity (Wildman–Crippen MR) is 49.4 cm³/mol. The van der Waals surface area contributed by atoms with Crippen molar-refractivity contribution in [2.45, 2.75) is 16.4 Å². The van der Waals surface area contributed by atoms with Crippen LogP contribution in [-0.2, 0) is 0 Å². The van der Waals surface area contributed by atoms with E-state index in [1.165, 1.54) is 11.3 Å². The van der Waals surface area contributed by atoms with Gasteiger partial charge in [0.15, 0.2) is 12.1 Å². The maximum Gasteiger partial charge on any atom is 0.177 e. The second-order valence-electron chi connectivity index (χ2n) is 2.59. The van der Waals surface area contributed by atoms with E-state index in [0.29, 0.717) is 4.88 Å². The average Bonchev–Trinajstić information content (AvgIpc) is 2.55. The largest absolute Gasteiger partial charge is 0.297 e. The van der Waals surface area contributed by atoms with Gasteiger partial charge in [-0.3, -0.25) is 9.59 Å². The van der Waals surface area contributed by atoms with E-state index in [1.807, 2.05) is 6.92 Å². The lowest BCUT2D eigenvalue weighted by Crippen LogP contribution is -2.05. The summed E-state index contributed by atoms with van der Waals surface area (Å²) in [6, 6.07) is 1.69. The topological polar surface area (TPSA) is 34.1 Å². The highest BCUT2D eigenvalue weighted by molar-refractivity contribution is 8.03. The van der Waals surface area contributed by atoms with Crippen LogP contribution in [-0.4, -0.2) is 17.3 Å². The molecule has 0 N–H and O–H groups in total. The van der Waals surface area contributed by atoms with E-state index in [4.69, 9.17) is 0 Å². The van der Waals surface area contributed by atoms with Crippen molar-refractivity contribution in [3.8, 4) is 0 Å². The number of aldehydes is 1. The number of carbonyl (C=O) groups is 2. The summed E-state index contributed by atoms with van der Waals surface area (Å²) in [5.74, 6) is 0.152. The van der Waals surface area contributed by atoms with E-state index >= 15 is 0 Å². The molecule has 12 heavy (non-hydrogen) atoms. The number of carbonyl (C=O) groups excluding carboxylic acids is 2. The van der Waals surface area contributed by atoms with Gasteiger partial charge in [-0.05, 0) is 13.0 Å². The fraction of sp³-hybridized carbons (Fsp3) is 0.250. The first kappa shape index (κ1) is 8.01. The van der Waals surface area contributed by atoms with Crippen LogP contribution in [0.15, 0.2) is 10.3 Å². The predicted octanol–water partition coefficient (Wildman–Crippen LogP) is 2.24. The summed E-state index contributed by atoms with van der Waals surface area (Å²) >= 11 is 2.95. The van der Waals surface area contributed by atoms with Crippen molar-refractivity contribution in [1.29, 1.82) is 0 Å². The second-order valence-corrected chi connectivity index (χ2v) is 5.29. The first-order valence-corrected chi connectivity index (χ1v) is 5.22. The average molecular weight is 198 g/mol. The molecule has 1 aromatic rings. The van der Waals surface area contributed by atoms with E-state index in [-0.39, 0.29) is 11.0 Å². The zero-order valence-electron chi connectivity index (χ0n) is 6.37. The van der Waals surface area contributed by atoms with Crippen molar-refractivity contribution in [1.82, 2.24) is 0 Å². The molecule has 0 aliphatic carbocycles. The van der Waals surface area contributed by atoms with Crippen LogP contribution < -0.4 is 0 Å². The van der Waals surface area contributed by atoms with E-state index in [1.54, 1.807) is 17.8 Å². The maximum atomic E-state index is 11.4. The molecule has 0 saturated carbocycles. The van der Waals surface area contributed by atoms with Crippen molar-refractivity contribution in [3.63, 3.8) is 0 Å². The Balaban J connectivity index is 2.49. The number of hydrogen-bond acceptors (Lipinski definition) is 4. The molecular formula is C8H6O2S2. The Morgan fingerprint density at radius 3 is 2.92 bits per heavy atom. The molecule has 62 valence electrons. The van der Waals surface area contributed by atoms with Gasteiger partial charge in [-0.1, -0.05) is 0 Å². The number of thiophene rings is 1. The van der Waals surface area contributed by atoms with Crippen LogP contribution in [0, 0.1) is 0 Å². The fourth-order valence-electron chi connectivity index (χ4n) is 1.14. The molecular weight excluding hydrogens is 192 g/mol. The number of Topliss-reactive ketones (excluding diaryl/α,β-unsaturated/α-hetero) is 1. The molecule has 0 saturated heterocycles. The molecule has 0 radical (unpaired) electrons. The van der Waals surface area contributed by atoms with Gasteiger partial charge in [0.25, 0.3) is 0 Å². The van der Waals surface area contributed by atoms with Gasteiger partial charge >= 0.3 is 0 Å².